The Kier molecular flexibility index (Phi) is 4.91. The van der Waals surface area contributed by atoms with Crippen molar-refractivity contribution < 1.29 is 9.18 Å². The van der Waals surface area contributed by atoms with Crippen molar-refractivity contribution in [2.45, 2.75) is 38.8 Å². The molecule has 1 aliphatic heterocycles. The van der Waals surface area contributed by atoms with E-state index in [9.17, 15) is 9.18 Å². The van der Waals surface area contributed by atoms with Crippen molar-refractivity contribution in [1.82, 2.24) is 10.2 Å². The fraction of sp³-hybridized carbons (Fsp3) is 0.533. The Balaban J connectivity index is 1.99. The summed E-state index contributed by atoms with van der Waals surface area (Å²) in [4.78, 5) is 13.7. The van der Waals surface area contributed by atoms with Crippen LogP contribution in [0.3, 0.4) is 0 Å². The molecule has 0 aromatic heterocycles. The molecule has 1 N–H and O–H groups in total. The summed E-state index contributed by atoms with van der Waals surface area (Å²) in [7, 11) is 0. The van der Waals surface area contributed by atoms with Gasteiger partial charge in [0.25, 0.3) is 0 Å². The molecule has 4 heteroatoms. The largest absolute Gasteiger partial charge is 0.335 e. The lowest BCUT2D eigenvalue weighted by atomic mass is 10.1. The summed E-state index contributed by atoms with van der Waals surface area (Å²) < 4.78 is 13.7. The Morgan fingerprint density at radius 1 is 1.42 bits per heavy atom. The lowest BCUT2D eigenvalue weighted by molar-refractivity contribution is -0.129. The molecule has 0 aliphatic carbocycles. The molecule has 1 aromatic carbocycles. The second kappa shape index (κ2) is 6.66. The molecule has 1 amide bonds. The molecule has 1 saturated heterocycles. The van der Waals surface area contributed by atoms with Gasteiger partial charge in [0.1, 0.15) is 5.82 Å². The molecule has 2 rings (SSSR count). The Labute approximate surface area is 113 Å². The van der Waals surface area contributed by atoms with Gasteiger partial charge >= 0.3 is 0 Å². The molecule has 1 aliphatic rings. The minimum atomic E-state index is -0.229. The van der Waals surface area contributed by atoms with Gasteiger partial charge in [0.15, 0.2) is 0 Å². The molecule has 0 spiro atoms. The van der Waals surface area contributed by atoms with E-state index >= 15 is 0 Å². The number of hydrogen-bond acceptors (Lipinski definition) is 2. The summed E-state index contributed by atoms with van der Waals surface area (Å²) in [5, 5.41) is 3.27. The number of benzene rings is 1. The van der Waals surface area contributed by atoms with E-state index in [1.54, 1.807) is 12.1 Å². The Morgan fingerprint density at radius 2 is 2.21 bits per heavy atom. The normalized spacial score (nSPS) is 19.2. The van der Waals surface area contributed by atoms with E-state index in [2.05, 4.69) is 12.2 Å². The van der Waals surface area contributed by atoms with Crippen LogP contribution in [-0.4, -0.2) is 29.9 Å². The first-order chi connectivity index (χ1) is 9.22. The zero-order chi connectivity index (χ0) is 13.7. The number of carbonyl (C=O) groups is 1. The number of nitrogens with zero attached hydrogens (tertiary/aromatic N) is 1. The average Bonchev–Trinajstić information content (AvgIpc) is 2.74. The smallest absolute Gasteiger partial charge is 0.223 e. The maximum atomic E-state index is 13.7. The van der Waals surface area contributed by atoms with E-state index in [0.29, 0.717) is 18.5 Å². The third kappa shape index (κ3) is 3.53. The number of nitrogens with one attached hydrogen (secondary N) is 1. The van der Waals surface area contributed by atoms with Gasteiger partial charge in [-0.15, -0.1) is 0 Å². The van der Waals surface area contributed by atoms with Gasteiger partial charge in [-0.1, -0.05) is 25.1 Å². The first-order valence-electron chi connectivity index (χ1n) is 6.96. The van der Waals surface area contributed by atoms with Crippen LogP contribution in [0.25, 0.3) is 0 Å². The van der Waals surface area contributed by atoms with Crippen molar-refractivity contribution in [2.24, 2.45) is 0 Å². The third-order valence-electron chi connectivity index (χ3n) is 3.66. The summed E-state index contributed by atoms with van der Waals surface area (Å²) in [5.41, 5.74) is 0.603. The Morgan fingerprint density at radius 3 is 2.95 bits per heavy atom. The molecule has 1 heterocycles. The van der Waals surface area contributed by atoms with Gasteiger partial charge in [0.05, 0.1) is 0 Å². The standard InChI is InChI=1S/C15H21FN2O/c1-2-17-10-9-13-7-8-15(19)18(13)11-12-5-3-4-6-14(12)16/h3-6,13,17H,2,7-11H2,1H3/t13-/m1/s1. The van der Waals surface area contributed by atoms with Crippen LogP contribution in [0, 0.1) is 5.82 Å². The Hall–Kier alpha value is -1.42. The van der Waals surface area contributed by atoms with Crippen LogP contribution >= 0.6 is 0 Å². The topological polar surface area (TPSA) is 32.3 Å². The van der Waals surface area contributed by atoms with Gasteiger partial charge in [-0.3, -0.25) is 4.79 Å². The maximum absolute atomic E-state index is 13.7. The fourth-order valence-corrected chi connectivity index (χ4v) is 2.57. The van der Waals surface area contributed by atoms with Gasteiger partial charge in [0.2, 0.25) is 5.91 Å². The minimum absolute atomic E-state index is 0.143. The molecule has 3 nitrogen and oxygen atoms in total. The van der Waals surface area contributed by atoms with Gasteiger partial charge < -0.3 is 10.2 Å². The van der Waals surface area contributed by atoms with Crippen molar-refractivity contribution in [1.29, 1.82) is 0 Å². The van der Waals surface area contributed by atoms with Gasteiger partial charge in [-0.25, -0.2) is 4.39 Å². The lowest BCUT2D eigenvalue weighted by Gasteiger charge is -2.25. The van der Waals surface area contributed by atoms with Crippen molar-refractivity contribution in [3.8, 4) is 0 Å². The summed E-state index contributed by atoms with van der Waals surface area (Å²) in [5.74, 6) is -0.0858. The first kappa shape index (κ1) is 14.0. The van der Waals surface area contributed by atoms with E-state index in [-0.39, 0.29) is 17.8 Å². The number of carbonyl (C=O) groups excluding carboxylic acids is 1. The van der Waals surface area contributed by atoms with Crippen LogP contribution in [-0.2, 0) is 11.3 Å². The van der Waals surface area contributed by atoms with E-state index < -0.39 is 0 Å². The van der Waals surface area contributed by atoms with Crippen molar-refractivity contribution in [3.05, 3.63) is 35.6 Å². The van der Waals surface area contributed by atoms with Crippen LogP contribution in [0.15, 0.2) is 24.3 Å². The zero-order valence-corrected chi connectivity index (χ0v) is 11.4. The summed E-state index contributed by atoms with van der Waals surface area (Å²) in [6, 6.07) is 6.93. The van der Waals surface area contributed by atoms with Crippen LogP contribution < -0.4 is 5.32 Å². The van der Waals surface area contributed by atoms with Crippen LogP contribution in [0.2, 0.25) is 0 Å². The molecule has 1 atom stereocenters. The summed E-state index contributed by atoms with van der Waals surface area (Å²) in [6.07, 6.45) is 2.41. The molecular formula is C15H21FN2O. The lowest BCUT2D eigenvalue weighted by Crippen LogP contribution is -2.34. The van der Waals surface area contributed by atoms with E-state index in [1.165, 1.54) is 6.07 Å². The fourth-order valence-electron chi connectivity index (χ4n) is 2.57. The number of likely N-dealkylation sites (tertiary alicyclic amines) is 1. The first-order valence-corrected chi connectivity index (χ1v) is 6.96. The van der Waals surface area contributed by atoms with E-state index in [0.717, 1.165) is 25.9 Å². The van der Waals surface area contributed by atoms with Gasteiger partial charge in [-0.2, -0.15) is 0 Å². The molecule has 1 aromatic rings. The number of rotatable bonds is 6. The number of hydrogen-bond donors (Lipinski definition) is 1. The van der Waals surface area contributed by atoms with Crippen LogP contribution in [0.5, 0.6) is 0 Å². The maximum Gasteiger partial charge on any atom is 0.223 e. The van der Waals surface area contributed by atoms with E-state index in [4.69, 9.17) is 0 Å². The molecule has 0 radical (unpaired) electrons. The second-order valence-electron chi connectivity index (χ2n) is 4.95. The molecular weight excluding hydrogens is 243 g/mol. The number of halogens is 1. The minimum Gasteiger partial charge on any atom is -0.335 e. The second-order valence-corrected chi connectivity index (χ2v) is 4.95. The molecule has 0 bridgehead atoms. The summed E-state index contributed by atoms with van der Waals surface area (Å²) >= 11 is 0. The molecule has 0 saturated carbocycles. The SMILES string of the molecule is CCNCC[C@H]1CCC(=O)N1Cc1ccccc1F. The highest BCUT2D eigenvalue weighted by molar-refractivity contribution is 5.78. The van der Waals surface area contributed by atoms with Crippen molar-refractivity contribution in [3.63, 3.8) is 0 Å². The highest BCUT2D eigenvalue weighted by atomic mass is 19.1. The predicted octanol–water partition coefficient (Wildman–Crippen LogP) is 2.32. The molecule has 104 valence electrons. The zero-order valence-electron chi connectivity index (χ0n) is 11.4. The van der Waals surface area contributed by atoms with Gasteiger partial charge in [0, 0.05) is 24.6 Å². The third-order valence-corrected chi connectivity index (χ3v) is 3.66. The highest BCUT2D eigenvalue weighted by Gasteiger charge is 2.30. The molecule has 0 unspecified atom stereocenters. The van der Waals surface area contributed by atoms with Crippen molar-refractivity contribution >= 4 is 5.91 Å². The monoisotopic (exact) mass is 264 g/mol. The average molecular weight is 264 g/mol. The van der Waals surface area contributed by atoms with Crippen LogP contribution in [0.1, 0.15) is 31.7 Å². The summed E-state index contributed by atoms with van der Waals surface area (Å²) in [6.45, 7) is 4.30. The Bertz CT molecular complexity index is 436. The molecule has 1 fully saturated rings. The molecule has 19 heavy (non-hydrogen) atoms. The predicted molar refractivity (Wildman–Crippen MR) is 73.1 cm³/mol. The van der Waals surface area contributed by atoms with Crippen LogP contribution in [0.4, 0.5) is 4.39 Å². The van der Waals surface area contributed by atoms with E-state index in [1.807, 2.05) is 11.0 Å². The van der Waals surface area contributed by atoms with Gasteiger partial charge in [-0.05, 0) is 32.0 Å². The number of amides is 1. The van der Waals surface area contributed by atoms with Crippen molar-refractivity contribution in [2.75, 3.05) is 13.1 Å². The highest BCUT2D eigenvalue weighted by Crippen LogP contribution is 2.24. The quantitative estimate of drug-likeness (QED) is 0.800.